The topological polar surface area (TPSA) is 37.3 Å². The van der Waals surface area contributed by atoms with Crippen molar-refractivity contribution in [2.24, 2.45) is 5.92 Å². The van der Waals surface area contributed by atoms with Crippen LogP contribution in [0.5, 0.6) is 0 Å². The summed E-state index contributed by atoms with van der Waals surface area (Å²) in [5.41, 5.74) is 0. The lowest BCUT2D eigenvalue weighted by atomic mass is 9.89. The molecule has 2 heteroatoms. The number of hydrogen-bond acceptors (Lipinski definition) is 1. The van der Waals surface area contributed by atoms with Crippen LogP contribution in [0.1, 0.15) is 187 Å². The molecule has 0 radical (unpaired) electrons. The van der Waals surface area contributed by atoms with Gasteiger partial charge in [-0.3, -0.25) is 4.79 Å². The quantitative estimate of drug-likeness (QED) is 0.116. The molecule has 0 aliphatic carbocycles. The van der Waals surface area contributed by atoms with Gasteiger partial charge in [0.25, 0.3) is 0 Å². The highest BCUT2D eigenvalue weighted by Crippen LogP contribution is 2.25. The van der Waals surface area contributed by atoms with Crippen LogP contribution in [0.4, 0.5) is 0 Å². The Morgan fingerprint density at radius 3 is 1.03 bits per heavy atom. The monoisotopic (exact) mass is 466 g/mol. The first-order valence-corrected chi connectivity index (χ1v) is 15.4. The Morgan fingerprint density at radius 2 is 0.727 bits per heavy atom. The SMILES string of the molecule is CCCCCCCCCCCC(CCCCCCCCCC)CCCCCCCCC(=O)O. The largest absolute Gasteiger partial charge is 0.481 e. The number of carboxylic acids is 1. The molecule has 2 nitrogen and oxygen atoms in total. The molecule has 1 N–H and O–H groups in total. The molecule has 33 heavy (non-hydrogen) atoms. The molecule has 0 spiro atoms. The van der Waals surface area contributed by atoms with Crippen LogP contribution in [0, 0.1) is 5.92 Å². The van der Waals surface area contributed by atoms with E-state index in [1.54, 1.807) is 0 Å². The number of hydrogen-bond donors (Lipinski definition) is 1. The molecule has 0 fully saturated rings. The maximum Gasteiger partial charge on any atom is 0.303 e. The van der Waals surface area contributed by atoms with Crippen molar-refractivity contribution in [2.45, 2.75) is 187 Å². The summed E-state index contributed by atoms with van der Waals surface area (Å²) in [4.78, 5) is 10.6. The summed E-state index contributed by atoms with van der Waals surface area (Å²) >= 11 is 0. The second-order valence-corrected chi connectivity index (χ2v) is 10.8. The van der Waals surface area contributed by atoms with Crippen LogP contribution in [0.15, 0.2) is 0 Å². The first-order valence-electron chi connectivity index (χ1n) is 15.4. The average molecular weight is 467 g/mol. The maximum atomic E-state index is 10.6. The van der Waals surface area contributed by atoms with E-state index < -0.39 is 5.97 Å². The Balaban J connectivity index is 3.87. The zero-order chi connectivity index (χ0) is 24.2. The molecule has 198 valence electrons. The number of carboxylic acid groups (broad SMARTS) is 1. The average Bonchev–Trinajstić information content (AvgIpc) is 2.80. The number of aliphatic carboxylic acids is 1. The van der Waals surface area contributed by atoms with Crippen LogP contribution >= 0.6 is 0 Å². The fourth-order valence-corrected chi connectivity index (χ4v) is 5.16. The van der Waals surface area contributed by atoms with Gasteiger partial charge in [0.2, 0.25) is 0 Å². The molecule has 0 aliphatic rings. The molecular weight excluding hydrogens is 404 g/mol. The third kappa shape index (κ3) is 27.6. The highest BCUT2D eigenvalue weighted by Gasteiger charge is 2.09. The number of carbonyl (C=O) groups is 1. The van der Waals surface area contributed by atoms with Gasteiger partial charge < -0.3 is 5.11 Å². The Kier molecular flexibility index (Phi) is 27.3. The van der Waals surface area contributed by atoms with Gasteiger partial charge in [-0.05, 0) is 12.3 Å². The van der Waals surface area contributed by atoms with Crippen molar-refractivity contribution in [2.75, 3.05) is 0 Å². The Bertz CT molecular complexity index is 379. The number of unbranched alkanes of at least 4 members (excludes halogenated alkanes) is 20. The summed E-state index contributed by atoms with van der Waals surface area (Å²) in [6.45, 7) is 4.60. The van der Waals surface area contributed by atoms with Gasteiger partial charge in [-0.15, -0.1) is 0 Å². The van der Waals surface area contributed by atoms with Crippen molar-refractivity contribution in [3.63, 3.8) is 0 Å². The first-order chi connectivity index (χ1) is 16.2. The standard InChI is InChI=1S/C31H62O2/c1-3-5-7-9-11-13-15-19-23-27-30(26-22-18-14-12-10-8-6-4-2)28-24-20-16-17-21-25-29-31(32)33/h30H,3-29H2,1-2H3,(H,32,33). The highest BCUT2D eigenvalue weighted by atomic mass is 16.4. The molecule has 0 rings (SSSR count). The third-order valence-electron chi connectivity index (χ3n) is 7.43. The molecule has 1 unspecified atom stereocenters. The molecule has 0 saturated heterocycles. The van der Waals surface area contributed by atoms with Crippen molar-refractivity contribution in [3.05, 3.63) is 0 Å². The minimum atomic E-state index is -0.643. The molecule has 0 heterocycles. The fourth-order valence-electron chi connectivity index (χ4n) is 5.16. The Labute approximate surface area is 209 Å². The lowest BCUT2D eigenvalue weighted by molar-refractivity contribution is -0.137. The Morgan fingerprint density at radius 1 is 0.455 bits per heavy atom. The van der Waals surface area contributed by atoms with E-state index in [0.717, 1.165) is 18.8 Å². The molecule has 0 aromatic heterocycles. The van der Waals surface area contributed by atoms with E-state index in [1.807, 2.05) is 0 Å². The van der Waals surface area contributed by atoms with Crippen molar-refractivity contribution >= 4 is 5.97 Å². The van der Waals surface area contributed by atoms with E-state index in [2.05, 4.69) is 13.8 Å². The second kappa shape index (κ2) is 27.7. The predicted molar refractivity (Wildman–Crippen MR) is 147 cm³/mol. The van der Waals surface area contributed by atoms with Crippen molar-refractivity contribution in [3.8, 4) is 0 Å². The molecule has 0 bridgehead atoms. The van der Waals surface area contributed by atoms with Crippen LogP contribution in [0.3, 0.4) is 0 Å². The zero-order valence-electron chi connectivity index (χ0n) is 23.0. The predicted octanol–water partition coefficient (Wildman–Crippen LogP) is 11.3. The van der Waals surface area contributed by atoms with Gasteiger partial charge in [-0.25, -0.2) is 0 Å². The van der Waals surface area contributed by atoms with Crippen molar-refractivity contribution in [1.29, 1.82) is 0 Å². The number of rotatable bonds is 28. The summed E-state index contributed by atoms with van der Waals surface area (Å²) < 4.78 is 0. The fraction of sp³-hybridized carbons (Fsp3) is 0.968. The highest BCUT2D eigenvalue weighted by molar-refractivity contribution is 5.66. The van der Waals surface area contributed by atoms with E-state index in [0.29, 0.717) is 6.42 Å². The molecule has 0 aromatic carbocycles. The Hall–Kier alpha value is -0.530. The molecule has 1 atom stereocenters. The second-order valence-electron chi connectivity index (χ2n) is 10.8. The van der Waals surface area contributed by atoms with Gasteiger partial charge in [0, 0.05) is 6.42 Å². The van der Waals surface area contributed by atoms with Gasteiger partial charge in [-0.2, -0.15) is 0 Å². The zero-order valence-corrected chi connectivity index (χ0v) is 23.0. The summed E-state index contributed by atoms with van der Waals surface area (Å²) in [6.07, 6.45) is 36.3. The first kappa shape index (κ1) is 32.5. The van der Waals surface area contributed by atoms with Gasteiger partial charge in [0.05, 0.1) is 0 Å². The van der Waals surface area contributed by atoms with Crippen molar-refractivity contribution in [1.82, 2.24) is 0 Å². The van der Waals surface area contributed by atoms with Gasteiger partial charge in [0.15, 0.2) is 0 Å². The van der Waals surface area contributed by atoms with Gasteiger partial charge in [-0.1, -0.05) is 174 Å². The van der Waals surface area contributed by atoms with E-state index in [-0.39, 0.29) is 0 Å². The van der Waals surface area contributed by atoms with Crippen LogP contribution in [0.25, 0.3) is 0 Å². The van der Waals surface area contributed by atoms with Gasteiger partial charge >= 0.3 is 5.97 Å². The summed E-state index contributed by atoms with van der Waals surface area (Å²) in [6, 6.07) is 0. The molecular formula is C31H62O2. The van der Waals surface area contributed by atoms with E-state index >= 15 is 0 Å². The smallest absolute Gasteiger partial charge is 0.303 e. The lowest BCUT2D eigenvalue weighted by Crippen LogP contribution is -2.02. The molecule has 0 aromatic rings. The van der Waals surface area contributed by atoms with Gasteiger partial charge in [0.1, 0.15) is 0 Å². The molecule has 0 amide bonds. The van der Waals surface area contributed by atoms with Crippen LogP contribution in [0.2, 0.25) is 0 Å². The summed E-state index contributed by atoms with van der Waals surface area (Å²) in [7, 11) is 0. The molecule has 0 saturated carbocycles. The van der Waals surface area contributed by atoms with Crippen LogP contribution < -0.4 is 0 Å². The van der Waals surface area contributed by atoms with Crippen LogP contribution in [-0.4, -0.2) is 11.1 Å². The lowest BCUT2D eigenvalue weighted by Gasteiger charge is -2.17. The minimum Gasteiger partial charge on any atom is -0.481 e. The molecule has 0 aliphatic heterocycles. The third-order valence-corrected chi connectivity index (χ3v) is 7.43. The van der Waals surface area contributed by atoms with Crippen molar-refractivity contribution < 1.29 is 9.90 Å². The normalized spacial score (nSPS) is 12.3. The maximum absolute atomic E-state index is 10.6. The van der Waals surface area contributed by atoms with E-state index in [1.165, 1.54) is 154 Å². The van der Waals surface area contributed by atoms with Crippen LogP contribution in [-0.2, 0) is 4.79 Å². The van der Waals surface area contributed by atoms with E-state index in [9.17, 15) is 4.79 Å². The summed E-state index contributed by atoms with van der Waals surface area (Å²) in [5.74, 6) is 0.317. The summed E-state index contributed by atoms with van der Waals surface area (Å²) in [5, 5.41) is 8.73. The minimum absolute atomic E-state index is 0.347. The van der Waals surface area contributed by atoms with E-state index in [4.69, 9.17) is 5.11 Å².